The number of aromatic nitrogens is 2. The highest BCUT2D eigenvalue weighted by Crippen LogP contribution is 2.34. The molecule has 0 atom stereocenters. The molecule has 2 rings (SSSR count). The molecule has 8 heteroatoms. The Labute approximate surface area is 125 Å². The lowest BCUT2D eigenvalue weighted by molar-refractivity contribution is -0.385. The zero-order chi connectivity index (χ0) is 15.4. The highest BCUT2D eigenvalue weighted by molar-refractivity contribution is 6.29. The molecule has 1 aromatic heterocycles. The van der Waals surface area contributed by atoms with Crippen molar-refractivity contribution in [3.63, 3.8) is 0 Å². The van der Waals surface area contributed by atoms with E-state index in [0.29, 0.717) is 18.0 Å². The first-order chi connectivity index (χ1) is 10.0. The number of nitro groups is 1. The van der Waals surface area contributed by atoms with Crippen molar-refractivity contribution >= 4 is 17.3 Å². The summed E-state index contributed by atoms with van der Waals surface area (Å²) in [7, 11) is 1.43. The van der Waals surface area contributed by atoms with E-state index >= 15 is 0 Å². The van der Waals surface area contributed by atoms with E-state index in [9.17, 15) is 10.1 Å². The first kappa shape index (κ1) is 15.0. The fraction of sp³-hybridized carbons (Fsp3) is 0.231. The van der Waals surface area contributed by atoms with Crippen LogP contribution in [0.1, 0.15) is 12.7 Å². The summed E-state index contributed by atoms with van der Waals surface area (Å²) >= 11 is 5.86. The van der Waals surface area contributed by atoms with Gasteiger partial charge in [0.25, 0.3) is 0 Å². The molecule has 7 nitrogen and oxygen atoms in total. The van der Waals surface area contributed by atoms with Crippen LogP contribution in [0.3, 0.4) is 0 Å². The zero-order valence-corrected chi connectivity index (χ0v) is 12.1. The second-order valence-electron chi connectivity index (χ2n) is 3.99. The van der Waals surface area contributed by atoms with Gasteiger partial charge >= 0.3 is 5.69 Å². The predicted octanol–water partition coefficient (Wildman–Crippen LogP) is 3.40. The van der Waals surface area contributed by atoms with Crippen molar-refractivity contribution in [2.24, 2.45) is 0 Å². The maximum Gasteiger partial charge on any atom is 0.315 e. The van der Waals surface area contributed by atoms with Crippen molar-refractivity contribution < 1.29 is 14.4 Å². The fourth-order valence-corrected chi connectivity index (χ4v) is 1.81. The van der Waals surface area contributed by atoms with Crippen LogP contribution in [0.25, 0.3) is 0 Å². The van der Waals surface area contributed by atoms with E-state index in [0.717, 1.165) is 0 Å². The Hall–Kier alpha value is -2.41. The van der Waals surface area contributed by atoms with Crippen LogP contribution in [0.4, 0.5) is 5.69 Å². The first-order valence-electron chi connectivity index (χ1n) is 6.07. The molecule has 1 aromatic carbocycles. The van der Waals surface area contributed by atoms with Gasteiger partial charge in [0.2, 0.25) is 11.6 Å². The minimum absolute atomic E-state index is 0.0534. The maximum atomic E-state index is 11.1. The number of benzene rings is 1. The molecular formula is C13H12ClN3O4. The fourth-order valence-electron chi connectivity index (χ4n) is 1.62. The van der Waals surface area contributed by atoms with Gasteiger partial charge in [0.1, 0.15) is 16.7 Å². The summed E-state index contributed by atoms with van der Waals surface area (Å²) in [5.74, 6) is 1.07. The molecule has 0 bridgehead atoms. The van der Waals surface area contributed by atoms with Gasteiger partial charge in [-0.15, -0.1) is 0 Å². The summed E-state index contributed by atoms with van der Waals surface area (Å²) in [5.41, 5.74) is -0.220. The first-order valence-corrected chi connectivity index (χ1v) is 6.45. The van der Waals surface area contributed by atoms with Crippen molar-refractivity contribution in [2.45, 2.75) is 13.3 Å². The van der Waals surface area contributed by atoms with Crippen molar-refractivity contribution in [2.75, 3.05) is 7.11 Å². The molecule has 0 radical (unpaired) electrons. The highest BCUT2D eigenvalue weighted by atomic mass is 35.5. The molecule has 110 valence electrons. The molecule has 0 unspecified atom stereocenters. The van der Waals surface area contributed by atoms with E-state index in [-0.39, 0.29) is 22.5 Å². The molecule has 21 heavy (non-hydrogen) atoms. The average molecular weight is 310 g/mol. The van der Waals surface area contributed by atoms with Gasteiger partial charge in [-0.05, 0) is 12.1 Å². The average Bonchev–Trinajstić information content (AvgIpc) is 2.46. The topological polar surface area (TPSA) is 87.4 Å². The highest BCUT2D eigenvalue weighted by Gasteiger charge is 2.18. The molecule has 0 aliphatic carbocycles. The summed E-state index contributed by atoms with van der Waals surface area (Å²) in [6.07, 6.45) is 0.571. The van der Waals surface area contributed by atoms with Crippen LogP contribution in [-0.4, -0.2) is 22.0 Å². The summed E-state index contributed by atoms with van der Waals surface area (Å²) < 4.78 is 10.4. The van der Waals surface area contributed by atoms with Crippen LogP contribution in [0.5, 0.6) is 17.4 Å². The summed E-state index contributed by atoms with van der Waals surface area (Å²) in [6.45, 7) is 1.87. The Kier molecular flexibility index (Phi) is 4.54. The number of hydrogen-bond donors (Lipinski definition) is 0. The maximum absolute atomic E-state index is 11.1. The van der Waals surface area contributed by atoms with Crippen LogP contribution in [0.2, 0.25) is 5.15 Å². The number of ether oxygens (including phenoxy) is 2. The Morgan fingerprint density at radius 1 is 1.33 bits per heavy atom. The third-order valence-corrected chi connectivity index (χ3v) is 2.80. The smallest absolute Gasteiger partial charge is 0.315 e. The standard InChI is InChI=1S/C13H12ClN3O4/c1-3-12-15-11(14)7-13(16-12)21-10-5-4-8(20-2)6-9(10)17(18)19/h4-7H,3H2,1-2H3. The van der Waals surface area contributed by atoms with Gasteiger partial charge in [0, 0.05) is 12.5 Å². The molecule has 2 aromatic rings. The van der Waals surface area contributed by atoms with E-state index in [2.05, 4.69) is 9.97 Å². The molecule has 0 spiro atoms. The number of nitro benzene ring substituents is 1. The SMILES string of the molecule is CCc1nc(Cl)cc(Oc2ccc(OC)cc2[N+](=O)[O-])n1. The third-order valence-electron chi connectivity index (χ3n) is 2.61. The molecular weight excluding hydrogens is 298 g/mol. The molecule has 0 saturated heterocycles. The second kappa shape index (κ2) is 6.36. The normalized spacial score (nSPS) is 10.2. The number of halogens is 1. The number of nitrogens with zero attached hydrogens (tertiary/aromatic N) is 3. The molecule has 1 heterocycles. The van der Waals surface area contributed by atoms with E-state index in [1.54, 1.807) is 6.07 Å². The van der Waals surface area contributed by atoms with Crippen LogP contribution in [0, 0.1) is 10.1 Å². The summed E-state index contributed by atoms with van der Waals surface area (Å²) in [5, 5.41) is 11.3. The zero-order valence-electron chi connectivity index (χ0n) is 11.4. The molecule has 0 aliphatic heterocycles. The number of rotatable bonds is 5. The van der Waals surface area contributed by atoms with E-state index in [1.807, 2.05) is 6.92 Å². The molecule has 0 fully saturated rings. The summed E-state index contributed by atoms with van der Waals surface area (Å²) in [4.78, 5) is 18.6. The van der Waals surface area contributed by atoms with Gasteiger partial charge in [-0.2, -0.15) is 4.98 Å². The van der Waals surface area contributed by atoms with Crippen LogP contribution >= 0.6 is 11.6 Å². The second-order valence-corrected chi connectivity index (χ2v) is 4.38. The lowest BCUT2D eigenvalue weighted by Crippen LogP contribution is -1.99. The number of methoxy groups -OCH3 is 1. The van der Waals surface area contributed by atoms with Gasteiger partial charge in [-0.25, -0.2) is 4.98 Å². The molecule has 0 saturated carbocycles. The lowest BCUT2D eigenvalue weighted by atomic mass is 10.3. The quantitative estimate of drug-likeness (QED) is 0.478. The van der Waals surface area contributed by atoms with Gasteiger partial charge in [-0.3, -0.25) is 10.1 Å². The van der Waals surface area contributed by atoms with Crippen molar-refractivity contribution in [1.29, 1.82) is 0 Å². The van der Waals surface area contributed by atoms with E-state index in [4.69, 9.17) is 21.1 Å². The Balaban J connectivity index is 2.39. The largest absolute Gasteiger partial charge is 0.496 e. The van der Waals surface area contributed by atoms with Gasteiger partial charge in [-0.1, -0.05) is 18.5 Å². The van der Waals surface area contributed by atoms with Crippen LogP contribution < -0.4 is 9.47 Å². The molecule has 0 amide bonds. The predicted molar refractivity (Wildman–Crippen MR) is 76.1 cm³/mol. The Bertz CT molecular complexity index is 678. The van der Waals surface area contributed by atoms with Crippen molar-refractivity contribution in [3.8, 4) is 17.4 Å². The van der Waals surface area contributed by atoms with Crippen LogP contribution in [-0.2, 0) is 6.42 Å². The number of hydrogen-bond acceptors (Lipinski definition) is 6. The molecule has 0 aliphatic rings. The van der Waals surface area contributed by atoms with Crippen LogP contribution in [0.15, 0.2) is 24.3 Å². The minimum atomic E-state index is -0.554. The van der Waals surface area contributed by atoms with E-state index in [1.165, 1.54) is 25.3 Å². The van der Waals surface area contributed by atoms with E-state index < -0.39 is 4.92 Å². The summed E-state index contributed by atoms with van der Waals surface area (Å²) in [6, 6.07) is 5.68. The number of aryl methyl sites for hydroxylation is 1. The van der Waals surface area contributed by atoms with Gasteiger partial charge in [0.15, 0.2) is 0 Å². The van der Waals surface area contributed by atoms with Crippen molar-refractivity contribution in [3.05, 3.63) is 45.4 Å². The third kappa shape index (κ3) is 3.57. The minimum Gasteiger partial charge on any atom is -0.496 e. The van der Waals surface area contributed by atoms with Crippen molar-refractivity contribution in [1.82, 2.24) is 9.97 Å². The molecule has 0 N–H and O–H groups in total. The Morgan fingerprint density at radius 3 is 2.71 bits per heavy atom. The monoisotopic (exact) mass is 309 g/mol. The van der Waals surface area contributed by atoms with Gasteiger partial charge in [0.05, 0.1) is 18.1 Å². The lowest BCUT2D eigenvalue weighted by Gasteiger charge is -2.08. The van der Waals surface area contributed by atoms with Gasteiger partial charge < -0.3 is 9.47 Å². The Morgan fingerprint density at radius 2 is 2.10 bits per heavy atom.